The van der Waals surface area contributed by atoms with Gasteiger partial charge in [-0.2, -0.15) is 0 Å². The summed E-state index contributed by atoms with van der Waals surface area (Å²) in [6.07, 6.45) is 1.53. The van der Waals surface area contributed by atoms with E-state index in [-0.39, 0.29) is 17.1 Å². The minimum absolute atomic E-state index is 0.108. The fraction of sp³-hybridized carbons (Fsp3) is 0. The van der Waals surface area contributed by atoms with Gasteiger partial charge in [-0.25, -0.2) is 14.0 Å². The largest absolute Gasteiger partial charge is 0.422 e. The van der Waals surface area contributed by atoms with Crippen molar-refractivity contribution < 1.29 is 23.5 Å². The molecule has 3 aromatic carbocycles. The van der Waals surface area contributed by atoms with E-state index in [1.807, 2.05) is 0 Å². The van der Waals surface area contributed by atoms with Crippen molar-refractivity contribution >= 4 is 11.9 Å². The summed E-state index contributed by atoms with van der Waals surface area (Å²) in [6, 6.07) is 23.8. The van der Waals surface area contributed by atoms with Crippen LogP contribution >= 0.6 is 0 Å². The van der Waals surface area contributed by atoms with E-state index in [2.05, 4.69) is 4.98 Å². The van der Waals surface area contributed by atoms with E-state index < -0.39 is 17.8 Å². The summed E-state index contributed by atoms with van der Waals surface area (Å²) in [7, 11) is 0. The summed E-state index contributed by atoms with van der Waals surface area (Å²) in [6.45, 7) is 0. The number of hydrogen-bond donors (Lipinski definition) is 0. The Morgan fingerprint density at radius 2 is 1.16 bits per heavy atom. The van der Waals surface area contributed by atoms with Gasteiger partial charge in [-0.15, -0.1) is 0 Å². The lowest BCUT2D eigenvalue weighted by Crippen LogP contribution is -2.12. The van der Waals surface area contributed by atoms with Crippen LogP contribution in [0.25, 0.3) is 11.3 Å². The Labute approximate surface area is 177 Å². The topological polar surface area (TPSA) is 65.5 Å². The van der Waals surface area contributed by atoms with Crippen LogP contribution < -0.4 is 9.47 Å². The number of aromatic nitrogens is 1. The smallest absolute Gasteiger partial charge is 0.343 e. The lowest BCUT2D eigenvalue weighted by atomic mass is 10.1. The summed E-state index contributed by atoms with van der Waals surface area (Å²) in [5.74, 6) is -2.30. The van der Waals surface area contributed by atoms with Gasteiger partial charge in [0, 0.05) is 18.3 Å². The van der Waals surface area contributed by atoms with Crippen molar-refractivity contribution in [3.63, 3.8) is 0 Å². The number of ether oxygens (including phenoxy) is 2. The average molecular weight is 413 g/mol. The predicted octanol–water partition coefficient (Wildman–Crippen LogP) is 5.33. The van der Waals surface area contributed by atoms with Crippen molar-refractivity contribution in [2.24, 2.45) is 0 Å². The van der Waals surface area contributed by atoms with Gasteiger partial charge in [0.1, 0.15) is 17.3 Å². The van der Waals surface area contributed by atoms with E-state index in [0.717, 1.165) is 12.1 Å². The molecular formula is C25H16FNO4. The van der Waals surface area contributed by atoms with Gasteiger partial charge in [0.05, 0.1) is 22.4 Å². The van der Waals surface area contributed by atoms with Gasteiger partial charge in [0.15, 0.2) is 0 Å². The first-order chi connectivity index (χ1) is 15.1. The second-order valence-electron chi connectivity index (χ2n) is 6.50. The summed E-state index contributed by atoms with van der Waals surface area (Å²) < 4.78 is 25.4. The molecule has 4 rings (SSSR count). The molecule has 0 radical (unpaired) electrons. The minimum Gasteiger partial charge on any atom is -0.422 e. The molecule has 0 atom stereocenters. The number of carbonyl (C=O) groups excluding carboxylic acids is 2. The molecule has 0 aliphatic rings. The molecule has 6 heteroatoms. The highest BCUT2D eigenvalue weighted by Crippen LogP contribution is 2.39. The third-order valence-electron chi connectivity index (χ3n) is 4.38. The minimum atomic E-state index is -0.730. The highest BCUT2D eigenvalue weighted by molar-refractivity contribution is 5.94. The number of hydrogen-bond acceptors (Lipinski definition) is 5. The number of halogens is 1. The van der Waals surface area contributed by atoms with Crippen LogP contribution in [0, 0.1) is 5.82 Å². The maximum absolute atomic E-state index is 14.4. The van der Waals surface area contributed by atoms with Crippen molar-refractivity contribution in [3.8, 4) is 22.8 Å². The first-order valence-electron chi connectivity index (χ1n) is 9.41. The summed E-state index contributed by atoms with van der Waals surface area (Å²) in [5, 5.41) is 0. The van der Waals surface area contributed by atoms with Gasteiger partial charge in [0.25, 0.3) is 0 Å². The molecule has 1 aromatic heterocycles. The van der Waals surface area contributed by atoms with Crippen LogP contribution in [-0.4, -0.2) is 16.9 Å². The molecule has 4 aromatic rings. The summed E-state index contributed by atoms with van der Waals surface area (Å²) in [4.78, 5) is 29.4. The molecule has 0 saturated heterocycles. The number of rotatable bonds is 5. The van der Waals surface area contributed by atoms with Gasteiger partial charge < -0.3 is 9.47 Å². The molecule has 0 amide bonds. The van der Waals surface area contributed by atoms with Crippen molar-refractivity contribution in [2.75, 3.05) is 0 Å². The van der Waals surface area contributed by atoms with E-state index in [1.165, 1.54) is 6.20 Å². The predicted molar refractivity (Wildman–Crippen MR) is 112 cm³/mol. The van der Waals surface area contributed by atoms with Crippen LogP contribution in [0.3, 0.4) is 0 Å². The second-order valence-corrected chi connectivity index (χ2v) is 6.50. The maximum atomic E-state index is 14.4. The fourth-order valence-corrected chi connectivity index (χ4v) is 2.95. The van der Waals surface area contributed by atoms with Gasteiger partial charge >= 0.3 is 11.9 Å². The molecule has 1 heterocycles. The monoisotopic (exact) mass is 413 g/mol. The highest BCUT2D eigenvalue weighted by atomic mass is 19.1. The zero-order valence-electron chi connectivity index (χ0n) is 16.2. The Hall–Kier alpha value is -4.32. The molecule has 0 N–H and O–H groups in total. The van der Waals surface area contributed by atoms with Crippen molar-refractivity contribution in [1.29, 1.82) is 0 Å². The number of esters is 2. The van der Waals surface area contributed by atoms with Gasteiger partial charge in [-0.05, 0) is 36.4 Å². The third kappa shape index (κ3) is 4.64. The van der Waals surface area contributed by atoms with Crippen LogP contribution in [-0.2, 0) is 0 Å². The molecule has 152 valence electrons. The van der Waals surface area contributed by atoms with Crippen molar-refractivity contribution in [3.05, 3.63) is 114 Å². The quantitative estimate of drug-likeness (QED) is 0.327. The lowest BCUT2D eigenvalue weighted by molar-refractivity contribution is 0.0733. The van der Waals surface area contributed by atoms with E-state index in [4.69, 9.17) is 9.47 Å². The average Bonchev–Trinajstić information content (AvgIpc) is 2.80. The molecule has 0 unspecified atom stereocenters. The molecule has 5 nitrogen and oxygen atoms in total. The molecule has 0 fully saturated rings. The standard InChI is InChI=1S/C25H16FNO4/c26-19-15-21(30-24(28)17-9-3-1-4-10-17)23(20-13-7-8-14-27-20)22(16-19)31-25(29)18-11-5-2-6-12-18/h1-16H. The fourth-order valence-electron chi connectivity index (χ4n) is 2.95. The van der Waals surface area contributed by atoms with E-state index >= 15 is 0 Å². The Morgan fingerprint density at radius 1 is 0.677 bits per heavy atom. The molecule has 0 aliphatic heterocycles. The number of benzene rings is 3. The zero-order valence-corrected chi connectivity index (χ0v) is 16.2. The first-order valence-corrected chi connectivity index (χ1v) is 9.41. The van der Waals surface area contributed by atoms with E-state index in [9.17, 15) is 14.0 Å². The van der Waals surface area contributed by atoms with Crippen molar-refractivity contribution in [1.82, 2.24) is 4.98 Å². The molecule has 0 aliphatic carbocycles. The maximum Gasteiger partial charge on any atom is 0.343 e. The number of pyridine rings is 1. The van der Waals surface area contributed by atoms with Crippen molar-refractivity contribution in [2.45, 2.75) is 0 Å². The van der Waals surface area contributed by atoms with Crippen LogP contribution in [0.2, 0.25) is 0 Å². The molecule has 0 spiro atoms. The molecule has 31 heavy (non-hydrogen) atoms. The van der Waals surface area contributed by atoms with Crippen LogP contribution in [0.1, 0.15) is 20.7 Å². The van der Waals surface area contributed by atoms with Crippen LogP contribution in [0.15, 0.2) is 97.2 Å². The first kappa shape index (κ1) is 20.0. The summed E-state index contributed by atoms with van der Waals surface area (Å²) >= 11 is 0. The Balaban J connectivity index is 1.77. The van der Waals surface area contributed by atoms with Crippen LogP contribution in [0.4, 0.5) is 4.39 Å². The van der Waals surface area contributed by atoms with Crippen LogP contribution in [0.5, 0.6) is 11.5 Å². The third-order valence-corrected chi connectivity index (χ3v) is 4.38. The molecular weight excluding hydrogens is 397 g/mol. The Kier molecular flexibility index (Phi) is 5.80. The number of nitrogens with zero attached hydrogens (tertiary/aromatic N) is 1. The number of carbonyl (C=O) groups is 2. The SMILES string of the molecule is O=C(Oc1cc(F)cc(OC(=O)c2ccccc2)c1-c1ccccn1)c1ccccc1. The Bertz CT molecular complexity index is 1140. The highest BCUT2D eigenvalue weighted by Gasteiger charge is 2.22. The summed E-state index contributed by atoms with van der Waals surface area (Å²) in [5.41, 5.74) is 1.13. The van der Waals surface area contributed by atoms with Gasteiger partial charge in [-0.1, -0.05) is 42.5 Å². The van der Waals surface area contributed by atoms with Gasteiger partial charge in [-0.3, -0.25) is 4.98 Å². The van der Waals surface area contributed by atoms with E-state index in [1.54, 1.807) is 78.9 Å². The zero-order chi connectivity index (χ0) is 21.6. The lowest BCUT2D eigenvalue weighted by Gasteiger charge is -2.15. The van der Waals surface area contributed by atoms with Gasteiger partial charge in [0.2, 0.25) is 0 Å². The Morgan fingerprint density at radius 3 is 1.61 bits per heavy atom. The van der Waals surface area contributed by atoms with E-state index in [0.29, 0.717) is 16.8 Å². The molecule has 0 saturated carbocycles. The molecule has 0 bridgehead atoms. The second kappa shape index (κ2) is 9.00. The normalized spacial score (nSPS) is 10.4.